The van der Waals surface area contributed by atoms with Crippen molar-refractivity contribution in [2.45, 2.75) is 23.8 Å². The van der Waals surface area contributed by atoms with E-state index < -0.39 is 10.0 Å². The molecule has 1 heterocycles. The van der Waals surface area contributed by atoms with E-state index in [1.54, 1.807) is 0 Å². The third kappa shape index (κ3) is 6.38. The topological polar surface area (TPSA) is 88.2 Å². The van der Waals surface area contributed by atoms with E-state index in [9.17, 15) is 13.2 Å². The van der Waals surface area contributed by atoms with E-state index in [0.29, 0.717) is 6.42 Å². The molecule has 8 heteroatoms. The number of sulfonamides is 1. The first-order chi connectivity index (χ1) is 14.4. The SMILES string of the molecule is O=C(CCNS(=O)(=O)c1ccc(Cl)nc1)N[C@H](Cc1ccccc1)c1ccccc1. The number of amides is 1. The molecule has 0 spiro atoms. The third-order valence-corrected chi connectivity index (χ3v) is 6.14. The molecule has 0 fully saturated rings. The lowest BCUT2D eigenvalue weighted by molar-refractivity contribution is -0.121. The Hall–Kier alpha value is -2.74. The lowest BCUT2D eigenvalue weighted by atomic mass is 9.98. The Morgan fingerprint density at radius 3 is 2.27 bits per heavy atom. The Morgan fingerprint density at radius 1 is 0.967 bits per heavy atom. The van der Waals surface area contributed by atoms with E-state index in [0.717, 1.165) is 11.1 Å². The first kappa shape index (κ1) is 22.0. The maximum Gasteiger partial charge on any atom is 0.242 e. The molecule has 0 radical (unpaired) electrons. The first-order valence-electron chi connectivity index (χ1n) is 9.43. The highest BCUT2D eigenvalue weighted by atomic mass is 35.5. The number of benzene rings is 2. The summed E-state index contributed by atoms with van der Waals surface area (Å²) in [7, 11) is -3.75. The summed E-state index contributed by atoms with van der Waals surface area (Å²) in [5, 5.41) is 3.22. The molecule has 2 aromatic carbocycles. The van der Waals surface area contributed by atoms with E-state index in [2.05, 4.69) is 15.0 Å². The number of aromatic nitrogens is 1. The molecular formula is C22H22ClN3O3S. The minimum Gasteiger partial charge on any atom is -0.349 e. The van der Waals surface area contributed by atoms with Gasteiger partial charge in [0, 0.05) is 19.2 Å². The molecule has 3 rings (SSSR count). The molecule has 1 amide bonds. The monoisotopic (exact) mass is 443 g/mol. The zero-order valence-corrected chi connectivity index (χ0v) is 17.7. The van der Waals surface area contributed by atoms with Crippen LogP contribution < -0.4 is 10.0 Å². The van der Waals surface area contributed by atoms with Crippen LogP contribution in [0.25, 0.3) is 0 Å². The van der Waals surface area contributed by atoms with Crippen LogP contribution in [0.15, 0.2) is 83.9 Å². The number of halogens is 1. The third-order valence-electron chi connectivity index (χ3n) is 4.47. The lowest BCUT2D eigenvalue weighted by Crippen LogP contribution is -2.33. The number of pyridine rings is 1. The van der Waals surface area contributed by atoms with Gasteiger partial charge in [0.2, 0.25) is 15.9 Å². The summed E-state index contributed by atoms with van der Waals surface area (Å²) in [6.07, 6.45) is 1.83. The molecule has 2 N–H and O–H groups in total. The average molecular weight is 444 g/mol. The number of carbonyl (C=O) groups excluding carboxylic acids is 1. The normalized spacial score (nSPS) is 12.3. The zero-order valence-electron chi connectivity index (χ0n) is 16.2. The minimum atomic E-state index is -3.75. The summed E-state index contributed by atoms with van der Waals surface area (Å²) in [5.41, 5.74) is 2.09. The van der Waals surface area contributed by atoms with Crippen LogP contribution in [0.3, 0.4) is 0 Å². The van der Waals surface area contributed by atoms with Gasteiger partial charge in [0.1, 0.15) is 10.0 Å². The number of hydrogen-bond acceptors (Lipinski definition) is 4. The second kappa shape index (κ2) is 10.3. The van der Waals surface area contributed by atoms with E-state index in [1.807, 2.05) is 60.7 Å². The van der Waals surface area contributed by atoms with Gasteiger partial charge in [0.05, 0.1) is 6.04 Å². The summed E-state index contributed by atoms with van der Waals surface area (Å²) < 4.78 is 27.0. The van der Waals surface area contributed by atoms with Gasteiger partial charge < -0.3 is 5.32 Å². The van der Waals surface area contributed by atoms with Crippen LogP contribution in [0, 0.1) is 0 Å². The molecule has 0 aliphatic carbocycles. The fourth-order valence-electron chi connectivity index (χ4n) is 2.96. The van der Waals surface area contributed by atoms with Crippen LogP contribution in [-0.4, -0.2) is 25.9 Å². The van der Waals surface area contributed by atoms with E-state index in [1.165, 1.54) is 18.3 Å². The van der Waals surface area contributed by atoms with Crippen molar-refractivity contribution < 1.29 is 13.2 Å². The molecule has 0 saturated heterocycles. The van der Waals surface area contributed by atoms with Gasteiger partial charge in [-0.3, -0.25) is 4.79 Å². The molecule has 0 aliphatic heterocycles. The molecule has 0 unspecified atom stereocenters. The molecule has 3 aromatic rings. The highest BCUT2D eigenvalue weighted by Crippen LogP contribution is 2.18. The van der Waals surface area contributed by atoms with Crippen LogP contribution in [0.2, 0.25) is 5.15 Å². The van der Waals surface area contributed by atoms with Crippen molar-refractivity contribution in [1.29, 1.82) is 0 Å². The van der Waals surface area contributed by atoms with Crippen molar-refractivity contribution in [2.24, 2.45) is 0 Å². The summed E-state index contributed by atoms with van der Waals surface area (Å²) in [6, 6.07) is 22.1. The molecule has 0 aliphatic rings. The van der Waals surface area contributed by atoms with E-state index in [-0.39, 0.29) is 35.0 Å². The second-order valence-electron chi connectivity index (χ2n) is 6.68. The van der Waals surface area contributed by atoms with E-state index >= 15 is 0 Å². The maximum absolute atomic E-state index is 12.5. The molecule has 30 heavy (non-hydrogen) atoms. The van der Waals surface area contributed by atoms with Gasteiger partial charge in [-0.15, -0.1) is 0 Å². The average Bonchev–Trinajstić information content (AvgIpc) is 2.75. The van der Waals surface area contributed by atoms with Gasteiger partial charge in [-0.25, -0.2) is 18.1 Å². The van der Waals surface area contributed by atoms with Gasteiger partial charge in [0.25, 0.3) is 0 Å². The standard InChI is InChI=1S/C22H22ClN3O3S/c23-21-12-11-19(16-24-21)30(28,29)25-14-13-22(27)26-20(18-9-5-2-6-10-18)15-17-7-3-1-4-8-17/h1-12,16,20,25H,13-15H2,(H,26,27)/t20-/m1/s1. The minimum absolute atomic E-state index is 0.00134. The maximum atomic E-state index is 12.5. The Morgan fingerprint density at radius 2 is 1.63 bits per heavy atom. The molecule has 6 nitrogen and oxygen atoms in total. The van der Waals surface area contributed by atoms with Crippen molar-refractivity contribution in [3.05, 3.63) is 95.3 Å². The Labute approximate surface area is 181 Å². The van der Waals surface area contributed by atoms with Crippen LogP contribution >= 0.6 is 11.6 Å². The van der Waals surface area contributed by atoms with Crippen molar-refractivity contribution in [2.75, 3.05) is 6.54 Å². The number of hydrogen-bond donors (Lipinski definition) is 2. The molecule has 1 aromatic heterocycles. The van der Waals surface area contributed by atoms with Crippen LogP contribution in [0.1, 0.15) is 23.6 Å². The zero-order chi connectivity index (χ0) is 21.4. The van der Waals surface area contributed by atoms with Crippen molar-refractivity contribution in [1.82, 2.24) is 15.0 Å². The Balaban J connectivity index is 1.59. The van der Waals surface area contributed by atoms with Crippen molar-refractivity contribution in [3.8, 4) is 0 Å². The van der Waals surface area contributed by atoms with E-state index in [4.69, 9.17) is 11.6 Å². The predicted octanol–water partition coefficient (Wildman–Crippen LogP) is 3.50. The number of rotatable bonds is 9. The van der Waals surface area contributed by atoms with Crippen LogP contribution in [0.5, 0.6) is 0 Å². The highest BCUT2D eigenvalue weighted by Gasteiger charge is 2.17. The largest absolute Gasteiger partial charge is 0.349 e. The highest BCUT2D eigenvalue weighted by molar-refractivity contribution is 7.89. The second-order valence-corrected chi connectivity index (χ2v) is 8.84. The van der Waals surface area contributed by atoms with Gasteiger partial charge >= 0.3 is 0 Å². The molecule has 0 saturated carbocycles. The summed E-state index contributed by atoms with van der Waals surface area (Å²) in [6.45, 7) is -0.0242. The van der Waals surface area contributed by atoms with Gasteiger partial charge in [-0.1, -0.05) is 72.3 Å². The molecule has 1 atom stereocenters. The molecular weight excluding hydrogens is 422 g/mol. The predicted molar refractivity (Wildman–Crippen MR) is 117 cm³/mol. The Kier molecular flexibility index (Phi) is 7.57. The number of nitrogens with zero attached hydrogens (tertiary/aromatic N) is 1. The van der Waals surface area contributed by atoms with Crippen molar-refractivity contribution >= 4 is 27.5 Å². The Bertz CT molecular complexity index is 1060. The number of nitrogens with one attached hydrogen (secondary N) is 2. The van der Waals surface area contributed by atoms with Crippen LogP contribution in [0.4, 0.5) is 0 Å². The van der Waals surface area contributed by atoms with Gasteiger partial charge in [0.15, 0.2) is 0 Å². The van der Waals surface area contributed by atoms with Gasteiger partial charge in [-0.05, 0) is 29.7 Å². The first-order valence-corrected chi connectivity index (χ1v) is 11.3. The quantitative estimate of drug-likeness (QED) is 0.495. The fourth-order valence-corrected chi connectivity index (χ4v) is 4.05. The summed E-state index contributed by atoms with van der Waals surface area (Å²) in [5.74, 6) is -0.239. The summed E-state index contributed by atoms with van der Waals surface area (Å²) >= 11 is 5.69. The smallest absolute Gasteiger partial charge is 0.242 e. The molecule has 156 valence electrons. The van der Waals surface area contributed by atoms with Crippen LogP contribution in [-0.2, 0) is 21.2 Å². The fraction of sp³-hybridized carbons (Fsp3) is 0.182. The molecule has 0 bridgehead atoms. The lowest BCUT2D eigenvalue weighted by Gasteiger charge is -2.20. The summed E-state index contributed by atoms with van der Waals surface area (Å²) in [4.78, 5) is 16.3. The van der Waals surface area contributed by atoms with Crippen molar-refractivity contribution in [3.63, 3.8) is 0 Å². The number of carbonyl (C=O) groups is 1. The van der Waals surface area contributed by atoms with Gasteiger partial charge in [-0.2, -0.15) is 0 Å².